The predicted molar refractivity (Wildman–Crippen MR) is 58.4 cm³/mol. The van der Waals surface area contributed by atoms with Crippen LogP contribution < -0.4 is 5.32 Å². The Balaban J connectivity index is 3.93. The summed E-state index contributed by atoms with van der Waals surface area (Å²) >= 11 is 0. The fraction of sp³-hybridized carbons (Fsp3) is 0.889. The molecule has 0 heterocycles. The topological polar surface area (TPSA) is 72.5 Å². The van der Waals surface area contributed by atoms with Crippen molar-refractivity contribution in [1.29, 1.82) is 0 Å². The molecule has 6 heteroatoms. The molecule has 15 heavy (non-hydrogen) atoms. The van der Waals surface area contributed by atoms with E-state index in [2.05, 4.69) is 10.1 Å². The van der Waals surface area contributed by atoms with E-state index in [1.165, 1.54) is 7.11 Å². The fourth-order valence-electron chi connectivity index (χ4n) is 0.775. The van der Waals surface area contributed by atoms with E-state index in [0.717, 1.165) is 0 Å². The van der Waals surface area contributed by atoms with Crippen molar-refractivity contribution in [2.75, 3.05) is 26.0 Å². The standard InChI is InChI=1S/C9H19NO4S/c1-9(2,3)15(12,13)6-5-10-7-8(11)14-4/h10H,5-7H2,1-4H3. The highest BCUT2D eigenvalue weighted by atomic mass is 32.2. The van der Waals surface area contributed by atoms with Crippen LogP contribution >= 0.6 is 0 Å². The van der Waals surface area contributed by atoms with Crippen LogP contribution in [0.3, 0.4) is 0 Å². The smallest absolute Gasteiger partial charge is 0.319 e. The Hall–Kier alpha value is -0.620. The fourth-order valence-corrected chi connectivity index (χ4v) is 1.80. The SMILES string of the molecule is COC(=O)CNCCS(=O)(=O)C(C)(C)C. The molecule has 0 rings (SSSR count). The Bertz CT molecular complexity index is 303. The van der Waals surface area contributed by atoms with Gasteiger partial charge in [-0.3, -0.25) is 4.79 Å². The summed E-state index contributed by atoms with van der Waals surface area (Å²) in [5.41, 5.74) is 0. The molecule has 0 aliphatic rings. The van der Waals surface area contributed by atoms with Crippen LogP contribution in [-0.2, 0) is 19.4 Å². The van der Waals surface area contributed by atoms with Crippen molar-refractivity contribution in [2.24, 2.45) is 0 Å². The van der Waals surface area contributed by atoms with Gasteiger partial charge in [-0.25, -0.2) is 8.42 Å². The second-order valence-corrected chi connectivity index (χ2v) is 7.05. The van der Waals surface area contributed by atoms with E-state index in [9.17, 15) is 13.2 Å². The molecule has 0 amide bonds. The summed E-state index contributed by atoms with van der Waals surface area (Å²) in [6.07, 6.45) is 0. The quantitative estimate of drug-likeness (QED) is 0.536. The zero-order valence-corrected chi connectivity index (χ0v) is 10.5. The highest BCUT2D eigenvalue weighted by Gasteiger charge is 2.28. The van der Waals surface area contributed by atoms with Crippen molar-refractivity contribution >= 4 is 15.8 Å². The van der Waals surface area contributed by atoms with Gasteiger partial charge in [0.2, 0.25) is 0 Å². The first-order chi connectivity index (χ1) is 6.70. The maximum Gasteiger partial charge on any atom is 0.319 e. The van der Waals surface area contributed by atoms with Gasteiger partial charge in [0.25, 0.3) is 0 Å². The number of esters is 1. The minimum absolute atomic E-state index is 0.0213. The molecule has 0 bridgehead atoms. The van der Waals surface area contributed by atoms with Gasteiger partial charge in [0.1, 0.15) is 0 Å². The highest BCUT2D eigenvalue weighted by Crippen LogP contribution is 2.14. The number of ether oxygens (including phenoxy) is 1. The van der Waals surface area contributed by atoms with Gasteiger partial charge in [0.05, 0.1) is 24.2 Å². The second-order valence-electron chi connectivity index (χ2n) is 4.18. The van der Waals surface area contributed by atoms with Crippen molar-refractivity contribution in [3.63, 3.8) is 0 Å². The molecule has 0 saturated carbocycles. The minimum Gasteiger partial charge on any atom is -0.468 e. The van der Waals surface area contributed by atoms with E-state index in [0.29, 0.717) is 0 Å². The summed E-state index contributed by atoms with van der Waals surface area (Å²) in [5, 5.41) is 2.71. The lowest BCUT2D eigenvalue weighted by Gasteiger charge is -2.18. The summed E-state index contributed by atoms with van der Waals surface area (Å²) in [7, 11) is -1.83. The Morgan fingerprint density at radius 2 is 1.87 bits per heavy atom. The monoisotopic (exact) mass is 237 g/mol. The first kappa shape index (κ1) is 14.4. The molecule has 0 aliphatic heterocycles. The van der Waals surface area contributed by atoms with E-state index in [1.807, 2.05) is 0 Å². The first-order valence-electron chi connectivity index (χ1n) is 4.70. The molecule has 0 atom stereocenters. The molecule has 0 spiro atoms. The Morgan fingerprint density at radius 1 is 1.33 bits per heavy atom. The van der Waals surface area contributed by atoms with Gasteiger partial charge in [0, 0.05) is 6.54 Å². The van der Waals surface area contributed by atoms with Crippen molar-refractivity contribution in [2.45, 2.75) is 25.5 Å². The third kappa shape index (κ3) is 5.13. The van der Waals surface area contributed by atoms with Crippen LogP contribution in [0.15, 0.2) is 0 Å². The number of hydrogen-bond donors (Lipinski definition) is 1. The van der Waals surface area contributed by atoms with Crippen LogP contribution in [0.2, 0.25) is 0 Å². The van der Waals surface area contributed by atoms with E-state index >= 15 is 0 Å². The average Bonchev–Trinajstić information content (AvgIpc) is 2.10. The summed E-state index contributed by atoms with van der Waals surface area (Å²) < 4.78 is 26.9. The zero-order chi connectivity index (χ0) is 12.1. The van der Waals surface area contributed by atoms with E-state index in [-0.39, 0.29) is 18.8 Å². The van der Waals surface area contributed by atoms with Crippen LogP contribution in [0.25, 0.3) is 0 Å². The van der Waals surface area contributed by atoms with Gasteiger partial charge in [-0.1, -0.05) is 0 Å². The van der Waals surface area contributed by atoms with Gasteiger partial charge >= 0.3 is 5.97 Å². The van der Waals surface area contributed by atoms with Crippen LogP contribution in [0.5, 0.6) is 0 Å². The molecule has 0 aliphatic carbocycles. The zero-order valence-electron chi connectivity index (χ0n) is 9.66. The van der Waals surface area contributed by atoms with Gasteiger partial charge in [-0.05, 0) is 20.8 Å². The van der Waals surface area contributed by atoms with Crippen molar-refractivity contribution < 1.29 is 17.9 Å². The molecule has 0 aromatic rings. The summed E-state index contributed by atoms with van der Waals surface area (Å²) in [6.45, 7) is 5.26. The highest BCUT2D eigenvalue weighted by molar-refractivity contribution is 7.92. The Morgan fingerprint density at radius 3 is 2.27 bits per heavy atom. The third-order valence-electron chi connectivity index (χ3n) is 1.98. The molecular weight excluding hydrogens is 218 g/mol. The van der Waals surface area contributed by atoms with E-state index < -0.39 is 20.6 Å². The summed E-state index contributed by atoms with van der Waals surface area (Å²) in [6, 6.07) is 0. The molecular formula is C9H19NO4S. The lowest BCUT2D eigenvalue weighted by atomic mass is 10.3. The lowest BCUT2D eigenvalue weighted by Crippen LogP contribution is -2.36. The molecule has 1 N–H and O–H groups in total. The van der Waals surface area contributed by atoms with E-state index in [1.54, 1.807) is 20.8 Å². The Kier molecular flexibility index (Phi) is 5.23. The van der Waals surface area contributed by atoms with Gasteiger partial charge in [-0.15, -0.1) is 0 Å². The maximum atomic E-state index is 11.6. The predicted octanol–water partition coefficient (Wildman–Crippen LogP) is -0.0377. The third-order valence-corrected chi connectivity index (χ3v) is 4.59. The number of methoxy groups -OCH3 is 1. The van der Waals surface area contributed by atoms with Crippen molar-refractivity contribution in [1.82, 2.24) is 5.32 Å². The van der Waals surface area contributed by atoms with Crippen LogP contribution in [-0.4, -0.2) is 45.1 Å². The number of carbonyl (C=O) groups excluding carboxylic acids is 1. The molecule has 0 aromatic heterocycles. The maximum absolute atomic E-state index is 11.6. The van der Waals surface area contributed by atoms with Crippen molar-refractivity contribution in [3.05, 3.63) is 0 Å². The molecule has 0 saturated heterocycles. The molecule has 0 unspecified atom stereocenters. The van der Waals surface area contributed by atoms with E-state index in [4.69, 9.17) is 0 Å². The summed E-state index contributed by atoms with van der Waals surface area (Å²) in [4.78, 5) is 10.7. The first-order valence-corrected chi connectivity index (χ1v) is 6.36. The normalized spacial score (nSPS) is 12.5. The second kappa shape index (κ2) is 5.46. The van der Waals surface area contributed by atoms with Gasteiger partial charge in [-0.2, -0.15) is 0 Å². The number of hydrogen-bond acceptors (Lipinski definition) is 5. The molecule has 0 fully saturated rings. The molecule has 0 radical (unpaired) electrons. The lowest BCUT2D eigenvalue weighted by molar-refractivity contribution is -0.139. The molecule has 90 valence electrons. The van der Waals surface area contributed by atoms with Gasteiger partial charge < -0.3 is 10.1 Å². The molecule has 5 nitrogen and oxygen atoms in total. The molecule has 0 aromatic carbocycles. The number of carbonyl (C=O) groups is 1. The minimum atomic E-state index is -3.12. The average molecular weight is 237 g/mol. The van der Waals surface area contributed by atoms with Crippen molar-refractivity contribution in [3.8, 4) is 0 Å². The number of sulfone groups is 1. The Labute approximate surface area is 91.1 Å². The summed E-state index contributed by atoms with van der Waals surface area (Å²) in [5.74, 6) is -0.379. The largest absolute Gasteiger partial charge is 0.468 e. The van der Waals surface area contributed by atoms with Crippen LogP contribution in [0, 0.1) is 0 Å². The van der Waals surface area contributed by atoms with Crippen LogP contribution in [0.1, 0.15) is 20.8 Å². The van der Waals surface area contributed by atoms with Gasteiger partial charge in [0.15, 0.2) is 9.84 Å². The number of nitrogens with one attached hydrogen (secondary N) is 1. The van der Waals surface area contributed by atoms with Crippen LogP contribution in [0.4, 0.5) is 0 Å². The number of rotatable bonds is 5.